The first-order valence-corrected chi connectivity index (χ1v) is 9.16. The lowest BCUT2D eigenvalue weighted by Crippen LogP contribution is -2.41. The third-order valence-electron chi connectivity index (χ3n) is 5.22. The van der Waals surface area contributed by atoms with Gasteiger partial charge in [0.05, 0.1) is 11.2 Å². The highest BCUT2D eigenvalue weighted by molar-refractivity contribution is 6.54. The van der Waals surface area contributed by atoms with E-state index in [2.05, 4.69) is 33.8 Å². The van der Waals surface area contributed by atoms with Gasteiger partial charge in [0.2, 0.25) is 0 Å². The van der Waals surface area contributed by atoms with Crippen LogP contribution in [-0.4, -0.2) is 29.9 Å². The van der Waals surface area contributed by atoms with Gasteiger partial charge in [-0.05, 0) is 85.5 Å². The average Bonchev–Trinajstić information content (AvgIpc) is 2.54. The van der Waals surface area contributed by atoms with Crippen molar-refractivity contribution < 1.29 is 18.8 Å². The summed E-state index contributed by atoms with van der Waals surface area (Å²) in [5, 5.41) is 0. The Morgan fingerprint density at radius 2 is 1.83 bits per heavy atom. The van der Waals surface area contributed by atoms with Gasteiger partial charge in [0, 0.05) is 6.42 Å². The molecule has 1 aliphatic heterocycles. The van der Waals surface area contributed by atoms with Gasteiger partial charge in [-0.1, -0.05) is 6.08 Å². The Bertz CT molecular complexity index is 486. The molecule has 1 saturated heterocycles. The Labute approximate surface area is 147 Å². The fourth-order valence-corrected chi connectivity index (χ4v) is 3.15. The van der Waals surface area contributed by atoms with Gasteiger partial charge < -0.3 is 14.0 Å². The number of hydrogen-bond acceptors (Lipinski definition) is 4. The summed E-state index contributed by atoms with van der Waals surface area (Å²) in [7, 11) is -0.254. The van der Waals surface area contributed by atoms with Crippen LogP contribution in [0.25, 0.3) is 0 Å². The van der Waals surface area contributed by atoms with Crippen molar-refractivity contribution in [2.24, 2.45) is 5.92 Å². The summed E-state index contributed by atoms with van der Waals surface area (Å²) >= 11 is 0. The summed E-state index contributed by atoms with van der Waals surface area (Å²) in [6.07, 6.45) is 6.68. The molecule has 2 aliphatic rings. The van der Waals surface area contributed by atoms with Gasteiger partial charge in [0.15, 0.2) is 0 Å². The highest BCUT2D eigenvalue weighted by Gasteiger charge is 2.52. The monoisotopic (exact) mass is 336 g/mol. The van der Waals surface area contributed by atoms with Crippen molar-refractivity contribution in [2.75, 3.05) is 0 Å². The van der Waals surface area contributed by atoms with Gasteiger partial charge in [-0.25, -0.2) is 0 Å². The molecule has 24 heavy (non-hydrogen) atoms. The standard InChI is InChI=1S/C19H33BO4/c1-17(2,3)22-16(21)13-14-9-8-10-15(12-11-14)20-23-18(4,5)19(6,7)24-20/h12,14H,8-11,13H2,1-7H3. The normalized spacial score (nSPS) is 26.7. The second-order valence-electron chi connectivity index (χ2n) is 9.15. The molecule has 0 aromatic carbocycles. The van der Waals surface area contributed by atoms with Gasteiger partial charge in [-0.2, -0.15) is 0 Å². The van der Waals surface area contributed by atoms with Gasteiger partial charge >= 0.3 is 13.1 Å². The summed E-state index contributed by atoms with van der Waals surface area (Å²) < 4.78 is 17.8. The van der Waals surface area contributed by atoms with E-state index in [9.17, 15) is 4.79 Å². The van der Waals surface area contributed by atoms with Crippen LogP contribution in [-0.2, 0) is 18.8 Å². The van der Waals surface area contributed by atoms with Crippen LogP contribution in [0.1, 0.15) is 80.6 Å². The lowest BCUT2D eigenvalue weighted by Gasteiger charge is -2.32. The summed E-state index contributed by atoms with van der Waals surface area (Å²) in [4.78, 5) is 12.1. The van der Waals surface area contributed by atoms with E-state index in [4.69, 9.17) is 14.0 Å². The van der Waals surface area contributed by atoms with Gasteiger partial charge in [-0.15, -0.1) is 0 Å². The number of rotatable bonds is 3. The fourth-order valence-electron chi connectivity index (χ4n) is 3.15. The predicted molar refractivity (Wildman–Crippen MR) is 96.6 cm³/mol. The average molecular weight is 336 g/mol. The van der Waals surface area contributed by atoms with E-state index < -0.39 is 5.60 Å². The van der Waals surface area contributed by atoms with Crippen molar-refractivity contribution in [1.29, 1.82) is 0 Å². The van der Waals surface area contributed by atoms with Crippen molar-refractivity contribution in [1.82, 2.24) is 0 Å². The van der Waals surface area contributed by atoms with Crippen molar-refractivity contribution in [2.45, 2.75) is 97.4 Å². The molecule has 0 spiro atoms. The minimum absolute atomic E-state index is 0.0972. The molecule has 4 nitrogen and oxygen atoms in total. The number of allylic oxidation sites excluding steroid dienone is 2. The molecule has 1 heterocycles. The molecule has 0 radical (unpaired) electrons. The van der Waals surface area contributed by atoms with Gasteiger partial charge in [0.25, 0.3) is 0 Å². The van der Waals surface area contributed by atoms with Crippen LogP contribution in [0.3, 0.4) is 0 Å². The Balaban J connectivity index is 1.95. The van der Waals surface area contributed by atoms with Crippen LogP contribution in [0.5, 0.6) is 0 Å². The Kier molecular flexibility index (Phi) is 5.56. The first kappa shape index (κ1) is 19.5. The number of carbonyl (C=O) groups is 1. The smallest absolute Gasteiger partial charge is 0.460 e. The summed E-state index contributed by atoms with van der Waals surface area (Å²) in [5.41, 5.74) is 0.202. The first-order valence-electron chi connectivity index (χ1n) is 9.16. The molecule has 0 aromatic heterocycles. The van der Waals surface area contributed by atoms with E-state index in [0.29, 0.717) is 12.3 Å². The van der Waals surface area contributed by atoms with Crippen molar-refractivity contribution >= 4 is 13.1 Å². The zero-order chi connectivity index (χ0) is 18.2. The molecule has 0 amide bonds. The molecule has 1 fully saturated rings. The second kappa shape index (κ2) is 6.83. The molecule has 2 rings (SSSR count). The fraction of sp³-hybridized carbons (Fsp3) is 0.842. The molecule has 0 bridgehead atoms. The van der Waals surface area contributed by atoms with Crippen LogP contribution >= 0.6 is 0 Å². The van der Waals surface area contributed by atoms with Crippen molar-refractivity contribution in [3.63, 3.8) is 0 Å². The maximum Gasteiger partial charge on any atom is 0.490 e. The Hall–Kier alpha value is -0.805. The molecule has 136 valence electrons. The van der Waals surface area contributed by atoms with Gasteiger partial charge in [0.1, 0.15) is 5.60 Å². The number of hydrogen-bond donors (Lipinski definition) is 0. The maximum atomic E-state index is 12.1. The third kappa shape index (κ3) is 4.86. The van der Waals surface area contributed by atoms with E-state index in [1.165, 1.54) is 5.47 Å². The summed E-state index contributed by atoms with van der Waals surface area (Å²) in [5.74, 6) is 0.250. The maximum absolute atomic E-state index is 12.1. The Morgan fingerprint density at radius 3 is 2.38 bits per heavy atom. The van der Waals surface area contributed by atoms with Crippen LogP contribution < -0.4 is 0 Å². The van der Waals surface area contributed by atoms with E-state index >= 15 is 0 Å². The topological polar surface area (TPSA) is 44.8 Å². The molecule has 1 unspecified atom stereocenters. The van der Waals surface area contributed by atoms with E-state index in [-0.39, 0.29) is 24.3 Å². The predicted octanol–water partition coefficient (Wildman–Crippen LogP) is 4.47. The van der Waals surface area contributed by atoms with Crippen molar-refractivity contribution in [3.8, 4) is 0 Å². The minimum Gasteiger partial charge on any atom is -0.460 e. The van der Waals surface area contributed by atoms with Crippen LogP contribution in [0.2, 0.25) is 0 Å². The minimum atomic E-state index is -0.411. The third-order valence-corrected chi connectivity index (χ3v) is 5.22. The lowest BCUT2D eigenvalue weighted by atomic mass is 9.75. The highest BCUT2D eigenvalue weighted by atomic mass is 16.7. The van der Waals surface area contributed by atoms with Crippen LogP contribution in [0.4, 0.5) is 0 Å². The zero-order valence-corrected chi connectivity index (χ0v) is 16.4. The SMILES string of the molecule is CC(C)(C)OC(=O)CC1CC=C(B2OC(C)(C)C(C)(C)O2)CCC1. The largest absolute Gasteiger partial charge is 0.490 e. The van der Waals surface area contributed by atoms with E-state index in [1.807, 2.05) is 20.8 Å². The molecule has 1 aliphatic carbocycles. The van der Waals surface area contributed by atoms with Gasteiger partial charge in [-0.3, -0.25) is 4.79 Å². The number of ether oxygens (including phenoxy) is 1. The second-order valence-corrected chi connectivity index (χ2v) is 9.15. The number of esters is 1. The lowest BCUT2D eigenvalue weighted by molar-refractivity contribution is -0.156. The molecule has 0 saturated carbocycles. The van der Waals surface area contributed by atoms with Crippen molar-refractivity contribution in [3.05, 3.63) is 11.5 Å². The first-order chi connectivity index (χ1) is 10.9. The van der Waals surface area contributed by atoms with Crippen LogP contribution in [0.15, 0.2) is 11.5 Å². The zero-order valence-electron chi connectivity index (χ0n) is 16.4. The summed E-state index contributed by atoms with van der Waals surface area (Å²) in [6, 6.07) is 0. The number of carbonyl (C=O) groups excluding carboxylic acids is 1. The molecule has 0 aromatic rings. The molecule has 0 N–H and O–H groups in total. The van der Waals surface area contributed by atoms with Crippen LogP contribution in [0, 0.1) is 5.92 Å². The van der Waals surface area contributed by atoms with E-state index in [0.717, 1.165) is 25.7 Å². The molecular weight excluding hydrogens is 303 g/mol. The molecule has 5 heteroatoms. The summed E-state index contributed by atoms with van der Waals surface area (Å²) in [6.45, 7) is 14.0. The highest BCUT2D eigenvalue weighted by Crippen LogP contribution is 2.40. The Morgan fingerprint density at radius 1 is 1.25 bits per heavy atom. The molecule has 1 atom stereocenters. The molecular formula is C19H33BO4. The quantitative estimate of drug-likeness (QED) is 0.564. The van der Waals surface area contributed by atoms with E-state index in [1.54, 1.807) is 0 Å².